The average molecular weight is 391 g/mol. The molecule has 4 rings (SSSR count). The molecule has 150 valence electrons. The lowest BCUT2D eigenvalue weighted by Crippen LogP contribution is -2.49. The summed E-state index contributed by atoms with van der Waals surface area (Å²) in [5.41, 5.74) is 3.19. The number of piperazine rings is 1. The number of nitrogens with one attached hydrogen (secondary N) is 1. The fourth-order valence-electron chi connectivity index (χ4n) is 3.89. The van der Waals surface area contributed by atoms with E-state index in [2.05, 4.69) is 10.2 Å². The average Bonchev–Trinajstić information content (AvgIpc) is 2.77. The van der Waals surface area contributed by atoms with Gasteiger partial charge in [0.2, 0.25) is 5.91 Å². The topological polar surface area (TPSA) is 69.7 Å². The number of nitrogens with zero attached hydrogens (tertiary/aromatic N) is 2. The van der Waals surface area contributed by atoms with Crippen molar-refractivity contribution in [1.82, 2.24) is 9.80 Å². The number of hydrogen-bond donors (Lipinski definition) is 1. The molecule has 0 spiro atoms. The molecule has 1 fully saturated rings. The van der Waals surface area contributed by atoms with Gasteiger partial charge in [0, 0.05) is 62.4 Å². The summed E-state index contributed by atoms with van der Waals surface area (Å²) in [4.78, 5) is 40.8. The van der Waals surface area contributed by atoms with Crippen molar-refractivity contribution < 1.29 is 14.4 Å². The van der Waals surface area contributed by atoms with Gasteiger partial charge in [0.05, 0.1) is 0 Å². The van der Waals surface area contributed by atoms with E-state index in [1.807, 2.05) is 47.4 Å². The van der Waals surface area contributed by atoms with Gasteiger partial charge in [-0.05, 0) is 24.1 Å². The summed E-state index contributed by atoms with van der Waals surface area (Å²) in [5, 5.41) is 2.86. The molecule has 2 aliphatic rings. The number of anilines is 1. The second kappa shape index (κ2) is 8.57. The van der Waals surface area contributed by atoms with E-state index in [0.29, 0.717) is 38.0 Å². The molecule has 2 amide bonds. The summed E-state index contributed by atoms with van der Waals surface area (Å²) in [6.07, 6.45) is 1.70. The van der Waals surface area contributed by atoms with Crippen molar-refractivity contribution >= 4 is 23.3 Å². The molecule has 0 aliphatic carbocycles. The van der Waals surface area contributed by atoms with Crippen LogP contribution in [0.5, 0.6) is 0 Å². The first kappa shape index (κ1) is 19.3. The molecule has 0 atom stereocenters. The normalized spacial score (nSPS) is 16.8. The quantitative estimate of drug-likeness (QED) is 0.796. The predicted molar refractivity (Wildman–Crippen MR) is 111 cm³/mol. The molecule has 0 saturated carbocycles. The summed E-state index contributed by atoms with van der Waals surface area (Å²) in [5.74, 6) is 0.147. The number of Topliss-reactive ketones (excluding diaryl/α,β-unsaturated/α-hetero) is 1. The lowest BCUT2D eigenvalue weighted by Gasteiger charge is -2.34. The van der Waals surface area contributed by atoms with Crippen molar-refractivity contribution in [2.45, 2.75) is 19.3 Å². The first-order valence-corrected chi connectivity index (χ1v) is 10.1. The van der Waals surface area contributed by atoms with Gasteiger partial charge < -0.3 is 10.2 Å². The maximum atomic E-state index is 12.9. The van der Waals surface area contributed by atoms with Gasteiger partial charge in [-0.1, -0.05) is 36.4 Å². The minimum Gasteiger partial charge on any atom is -0.336 e. The maximum absolute atomic E-state index is 12.9. The minimum atomic E-state index is -0.00682. The molecule has 0 aromatic heterocycles. The molecule has 2 heterocycles. The third-order valence-corrected chi connectivity index (χ3v) is 5.66. The van der Waals surface area contributed by atoms with Crippen molar-refractivity contribution in [1.29, 1.82) is 0 Å². The SMILES string of the molecule is O=C1CCc2ccc(C(=O)N3CCN(CCC(=O)c4ccccc4)CC3)cc2N1. The van der Waals surface area contributed by atoms with Gasteiger partial charge in [-0.15, -0.1) is 0 Å². The van der Waals surface area contributed by atoms with E-state index in [0.717, 1.165) is 36.3 Å². The fourth-order valence-corrected chi connectivity index (χ4v) is 3.89. The van der Waals surface area contributed by atoms with Crippen molar-refractivity contribution in [2.24, 2.45) is 0 Å². The van der Waals surface area contributed by atoms with E-state index in [-0.39, 0.29) is 17.6 Å². The molecule has 0 radical (unpaired) electrons. The lowest BCUT2D eigenvalue weighted by atomic mass is 10.0. The van der Waals surface area contributed by atoms with Crippen LogP contribution in [0.4, 0.5) is 5.69 Å². The second-order valence-corrected chi connectivity index (χ2v) is 7.59. The molecular weight excluding hydrogens is 366 g/mol. The molecule has 2 aliphatic heterocycles. The molecule has 2 aromatic rings. The van der Waals surface area contributed by atoms with Crippen molar-refractivity contribution in [2.75, 3.05) is 38.0 Å². The van der Waals surface area contributed by atoms with Crippen LogP contribution in [-0.2, 0) is 11.2 Å². The van der Waals surface area contributed by atoms with E-state index in [4.69, 9.17) is 0 Å². The highest BCUT2D eigenvalue weighted by Gasteiger charge is 2.24. The fraction of sp³-hybridized carbons (Fsp3) is 0.348. The summed E-state index contributed by atoms with van der Waals surface area (Å²) >= 11 is 0. The number of rotatable bonds is 5. The van der Waals surface area contributed by atoms with E-state index >= 15 is 0 Å². The molecule has 6 nitrogen and oxygen atoms in total. The van der Waals surface area contributed by atoms with Gasteiger partial charge in [0.25, 0.3) is 5.91 Å². The molecular formula is C23H25N3O3. The van der Waals surface area contributed by atoms with Crippen LogP contribution in [0.25, 0.3) is 0 Å². The lowest BCUT2D eigenvalue weighted by molar-refractivity contribution is -0.116. The van der Waals surface area contributed by atoms with Gasteiger partial charge in [-0.25, -0.2) is 0 Å². The number of aryl methyl sites for hydroxylation is 1. The van der Waals surface area contributed by atoms with Crippen molar-refractivity contribution in [3.8, 4) is 0 Å². The van der Waals surface area contributed by atoms with Crippen LogP contribution < -0.4 is 5.32 Å². The standard InChI is InChI=1S/C23H25N3O3/c27-21(18-4-2-1-3-5-18)10-11-25-12-14-26(15-13-25)23(29)19-7-6-17-8-9-22(28)24-20(17)16-19/h1-7,16H,8-15H2,(H,24,28). The second-order valence-electron chi connectivity index (χ2n) is 7.59. The van der Waals surface area contributed by atoms with Crippen molar-refractivity contribution in [3.63, 3.8) is 0 Å². The summed E-state index contributed by atoms with van der Waals surface area (Å²) in [7, 11) is 0. The Labute approximate surface area is 170 Å². The Balaban J connectivity index is 1.29. The smallest absolute Gasteiger partial charge is 0.254 e. The van der Waals surface area contributed by atoms with Gasteiger partial charge in [-0.2, -0.15) is 0 Å². The number of carbonyl (C=O) groups is 3. The van der Waals surface area contributed by atoms with Crippen LogP contribution in [0.3, 0.4) is 0 Å². The summed E-state index contributed by atoms with van der Waals surface area (Å²) in [6.45, 7) is 3.51. The number of ketones is 1. The monoisotopic (exact) mass is 391 g/mol. The first-order chi connectivity index (χ1) is 14.1. The molecule has 29 heavy (non-hydrogen) atoms. The Morgan fingerprint density at radius 2 is 1.66 bits per heavy atom. The Morgan fingerprint density at radius 3 is 2.41 bits per heavy atom. The van der Waals surface area contributed by atoms with Gasteiger partial charge in [-0.3, -0.25) is 19.3 Å². The Kier molecular flexibility index (Phi) is 5.71. The van der Waals surface area contributed by atoms with Gasteiger partial charge in [0.1, 0.15) is 0 Å². The van der Waals surface area contributed by atoms with Crippen molar-refractivity contribution in [3.05, 3.63) is 65.2 Å². The van der Waals surface area contributed by atoms with E-state index in [1.165, 1.54) is 0 Å². The third kappa shape index (κ3) is 4.54. The minimum absolute atomic E-state index is 0.000707. The largest absolute Gasteiger partial charge is 0.336 e. The van der Waals surface area contributed by atoms with Crippen LogP contribution in [0.1, 0.15) is 39.1 Å². The Hall–Kier alpha value is -2.99. The molecule has 1 N–H and O–H groups in total. The van der Waals surface area contributed by atoms with E-state index in [1.54, 1.807) is 6.07 Å². The van der Waals surface area contributed by atoms with Gasteiger partial charge >= 0.3 is 0 Å². The van der Waals surface area contributed by atoms with Crippen LogP contribution in [0.2, 0.25) is 0 Å². The molecule has 0 bridgehead atoms. The van der Waals surface area contributed by atoms with Crippen LogP contribution in [0, 0.1) is 0 Å². The Morgan fingerprint density at radius 1 is 0.897 bits per heavy atom. The zero-order valence-corrected chi connectivity index (χ0v) is 16.4. The maximum Gasteiger partial charge on any atom is 0.254 e. The Bertz CT molecular complexity index is 918. The number of hydrogen-bond acceptors (Lipinski definition) is 4. The molecule has 0 unspecified atom stereocenters. The van der Waals surface area contributed by atoms with E-state index < -0.39 is 0 Å². The highest BCUT2D eigenvalue weighted by atomic mass is 16.2. The predicted octanol–water partition coefficient (Wildman–Crippen LogP) is 2.60. The number of benzene rings is 2. The molecule has 6 heteroatoms. The van der Waals surface area contributed by atoms with Crippen LogP contribution in [-0.4, -0.2) is 60.1 Å². The number of carbonyl (C=O) groups excluding carboxylic acids is 3. The number of fused-ring (bicyclic) bond motifs is 1. The summed E-state index contributed by atoms with van der Waals surface area (Å²) in [6, 6.07) is 14.9. The third-order valence-electron chi connectivity index (χ3n) is 5.66. The van der Waals surface area contributed by atoms with Crippen LogP contribution >= 0.6 is 0 Å². The van der Waals surface area contributed by atoms with E-state index in [9.17, 15) is 14.4 Å². The highest BCUT2D eigenvalue weighted by molar-refractivity contribution is 5.99. The highest BCUT2D eigenvalue weighted by Crippen LogP contribution is 2.24. The molecule has 2 aromatic carbocycles. The van der Waals surface area contributed by atoms with Crippen LogP contribution in [0.15, 0.2) is 48.5 Å². The number of amides is 2. The first-order valence-electron chi connectivity index (χ1n) is 10.1. The zero-order valence-electron chi connectivity index (χ0n) is 16.4. The summed E-state index contributed by atoms with van der Waals surface area (Å²) < 4.78 is 0. The zero-order chi connectivity index (χ0) is 20.2. The van der Waals surface area contributed by atoms with Gasteiger partial charge in [0.15, 0.2) is 5.78 Å². The molecule has 1 saturated heterocycles.